The minimum Gasteiger partial charge on any atom is -0.465 e. The Labute approximate surface area is 237 Å². The second-order valence-corrected chi connectivity index (χ2v) is 10.7. The third kappa shape index (κ3) is 5.72. The summed E-state index contributed by atoms with van der Waals surface area (Å²) in [5.41, 5.74) is 14.7. The second-order valence-electron chi connectivity index (χ2n) is 10.7. The van der Waals surface area contributed by atoms with E-state index in [-0.39, 0.29) is 11.9 Å². The van der Waals surface area contributed by atoms with Crippen LogP contribution in [0.5, 0.6) is 0 Å². The van der Waals surface area contributed by atoms with E-state index in [1.165, 1.54) is 97.3 Å². The lowest BCUT2D eigenvalue weighted by atomic mass is 9.96. The number of aryl methyl sites for hydroxylation is 4. The van der Waals surface area contributed by atoms with Crippen molar-refractivity contribution >= 4 is 11.9 Å². The molecule has 0 fully saturated rings. The Morgan fingerprint density at radius 2 is 0.900 bits per heavy atom. The highest BCUT2D eigenvalue weighted by Crippen LogP contribution is 2.32. The molecule has 0 spiro atoms. The molecule has 204 valence electrons. The number of hydrogen-bond donors (Lipinski definition) is 0. The molecule has 2 aliphatic carbocycles. The molecule has 0 unspecified atom stereocenters. The Bertz CT molecular complexity index is 1430. The molecule has 6 rings (SSSR count). The number of carbonyl (C=O) groups is 2. The van der Waals surface area contributed by atoms with Crippen LogP contribution in [-0.4, -0.2) is 26.2 Å². The van der Waals surface area contributed by atoms with E-state index in [1.54, 1.807) is 0 Å². The first kappa shape index (κ1) is 27.4. The maximum Gasteiger partial charge on any atom is 0.337 e. The van der Waals surface area contributed by atoms with Crippen LogP contribution in [0, 0.1) is 13.8 Å². The van der Waals surface area contributed by atoms with Gasteiger partial charge in [-0.15, -0.1) is 0 Å². The SMILES string of the molecule is COC(=O)c1ccc(-c2cc(C)c3c(c2)CCC3)cc1.COC(=O)c1ccc(-c2cc(C)c3c(c2)CCC3)cc1. The van der Waals surface area contributed by atoms with E-state index in [9.17, 15) is 9.59 Å². The molecule has 0 atom stereocenters. The molecule has 0 amide bonds. The fourth-order valence-corrected chi connectivity index (χ4v) is 6.02. The van der Waals surface area contributed by atoms with Gasteiger partial charge in [0.15, 0.2) is 0 Å². The number of carbonyl (C=O) groups excluding carboxylic acids is 2. The van der Waals surface area contributed by atoms with Gasteiger partial charge in [0, 0.05) is 0 Å². The highest BCUT2D eigenvalue weighted by molar-refractivity contribution is 5.90. The van der Waals surface area contributed by atoms with Gasteiger partial charge in [-0.2, -0.15) is 0 Å². The fraction of sp³-hybridized carbons (Fsp3) is 0.278. The third-order valence-electron chi connectivity index (χ3n) is 8.16. The largest absolute Gasteiger partial charge is 0.465 e. The van der Waals surface area contributed by atoms with Gasteiger partial charge in [-0.3, -0.25) is 0 Å². The van der Waals surface area contributed by atoms with Crippen molar-refractivity contribution in [2.24, 2.45) is 0 Å². The number of hydrogen-bond acceptors (Lipinski definition) is 4. The third-order valence-corrected chi connectivity index (χ3v) is 8.16. The first-order valence-electron chi connectivity index (χ1n) is 14.0. The molecule has 4 aromatic rings. The molecule has 0 bridgehead atoms. The average molecular weight is 533 g/mol. The van der Waals surface area contributed by atoms with E-state index < -0.39 is 0 Å². The molecule has 0 radical (unpaired) electrons. The Morgan fingerprint density at radius 1 is 0.525 bits per heavy atom. The van der Waals surface area contributed by atoms with Crippen molar-refractivity contribution in [1.29, 1.82) is 0 Å². The van der Waals surface area contributed by atoms with Gasteiger partial charge in [-0.25, -0.2) is 9.59 Å². The van der Waals surface area contributed by atoms with Gasteiger partial charge in [-0.1, -0.05) is 48.5 Å². The molecular formula is C36H36O4. The summed E-state index contributed by atoms with van der Waals surface area (Å²) in [5.74, 6) is -0.580. The molecule has 0 N–H and O–H groups in total. The van der Waals surface area contributed by atoms with Gasteiger partial charge in [-0.05, 0) is 132 Å². The number of esters is 2. The molecule has 40 heavy (non-hydrogen) atoms. The monoisotopic (exact) mass is 532 g/mol. The maximum absolute atomic E-state index is 11.4. The molecule has 4 nitrogen and oxygen atoms in total. The summed E-state index contributed by atoms with van der Waals surface area (Å²) in [4.78, 5) is 22.9. The Morgan fingerprint density at radius 3 is 1.25 bits per heavy atom. The van der Waals surface area contributed by atoms with Crippen molar-refractivity contribution < 1.29 is 19.1 Å². The topological polar surface area (TPSA) is 52.6 Å². The lowest BCUT2D eigenvalue weighted by molar-refractivity contribution is 0.0592. The predicted octanol–water partition coefficient (Wildman–Crippen LogP) is 7.87. The van der Waals surface area contributed by atoms with Gasteiger partial charge >= 0.3 is 11.9 Å². The summed E-state index contributed by atoms with van der Waals surface area (Å²) < 4.78 is 9.45. The zero-order valence-corrected chi connectivity index (χ0v) is 23.8. The fourth-order valence-electron chi connectivity index (χ4n) is 6.02. The predicted molar refractivity (Wildman–Crippen MR) is 160 cm³/mol. The minimum atomic E-state index is -0.290. The summed E-state index contributed by atoms with van der Waals surface area (Å²) in [5, 5.41) is 0. The summed E-state index contributed by atoms with van der Waals surface area (Å²) >= 11 is 0. The van der Waals surface area contributed by atoms with Crippen molar-refractivity contribution in [3.63, 3.8) is 0 Å². The quantitative estimate of drug-likeness (QED) is 0.251. The van der Waals surface area contributed by atoms with Crippen LogP contribution in [0.25, 0.3) is 22.3 Å². The molecule has 0 saturated carbocycles. The normalized spacial score (nSPS) is 13.1. The molecule has 0 saturated heterocycles. The number of fused-ring (bicyclic) bond motifs is 2. The Balaban J connectivity index is 0.000000161. The van der Waals surface area contributed by atoms with Gasteiger partial charge in [0.05, 0.1) is 25.3 Å². The van der Waals surface area contributed by atoms with E-state index in [0.29, 0.717) is 11.1 Å². The smallest absolute Gasteiger partial charge is 0.337 e. The Hall–Kier alpha value is -4.18. The van der Waals surface area contributed by atoms with Gasteiger partial charge < -0.3 is 9.47 Å². The zero-order chi connectivity index (χ0) is 28.2. The zero-order valence-electron chi connectivity index (χ0n) is 23.8. The van der Waals surface area contributed by atoms with E-state index in [1.807, 2.05) is 48.5 Å². The van der Waals surface area contributed by atoms with Gasteiger partial charge in [0.25, 0.3) is 0 Å². The lowest BCUT2D eigenvalue weighted by Crippen LogP contribution is -2.00. The average Bonchev–Trinajstić information content (AvgIpc) is 3.67. The van der Waals surface area contributed by atoms with E-state index in [4.69, 9.17) is 9.47 Å². The summed E-state index contributed by atoms with van der Waals surface area (Å²) in [7, 11) is 2.81. The maximum atomic E-state index is 11.4. The van der Waals surface area contributed by atoms with Crippen LogP contribution in [-0.2, 0) is 35.2 Å². The highest BCUT2D eigenvalue weighted by Gasteiger charge is 2.16. The van der Waals surface area contributed by atoms with Gasteiger partial charge in [0.2, 0.25) is 0 Å². The molecule has 4 heteroatoms. The van der Waals surface area contributed by atoms with Crippen molar-refractivity contribution in [2.45, 2.75) is 52.4 Å². The number of rotatable bonds is 4. The van der Waals surface area contributed by atoms with Crippen molar-refractivity contribution in [1.82, 2.24) is 0 Å². The summed E-state index contributed by atoms with van der Waals surface area (Å²) in [6, 6.07) is 24.3. The van der Waals surface area contributed by atoms with Crippen LogP contribution in [0.4, 0.5) is 0 Å². The van der Waals surface area contributed by atoms with Crippen LogP contribution in [0.3, 0.4) is 0 Å². The highest BCUT2D eigenvalue weighted by atomic mass is 16.5. The standard InChI is InChI=1S/2C18H18O2/c2*1-12-10-16(11-15-4-3-5-17(12)15)13-6-8-14(9-7-13)18(19)20-2/h2*6-11H,3-5H2,1-2H3. The number of benzene rings is 4. The number of methoxy groups -OCH3 is 2. The lowest BCUT2D eigenvalue weighted by Gasteiger charge is -2.09. The van der Waals surface area contributed by atoms with E-state index in [0.717, 1.165) is 11.1 Å². The number of ether oxygens (including phenoxy) is 2. The van der Waals surface area contributed by atoms with E-state index >= 15 is 0 Å². The molecule has 0 aromatic heterocycles. The summed E-state index contributed by atoms with van der Waals surface area (Å²) in [6.45, 7) is 4.38. The second kappa shape index (κ2) is 11.9. The minimum absolute atomic E-state index is 0.290. The van der Waals surface area contributed by atoms with Crippen LogP contribution < -0.4 is 0 Å². The first-order chi connectivity index (χ1) is 19.4. The van der Waals surface area contributed by atoms with Crippen molar-refractivity contribution in [3.05, 3.63) is 117 Å². The molecule has 2 aliphatic rings. The van der Waals surface area contributed by atoms with Crippen LogP contribution in [0.15, 0.2) is 72.8 Å². The van der Waals surface area contributed by atoms with Crippen LogP contribution in [0.2, 0.25) is 0 Å². The molecule has 4 aromatic carbocycles. The van der Waals surface area contributed by atoms with Crippen molar-refractivity contribution in [3.8, 4) is 22.3 Å². The van der Waals surface area contributed by atoms with Crippen LogP contribution >= 0.6 is 0 Å². The van der Waals surface area contributed by atoms with Crippen LogP contribution in [0.1, 0.15) is 66.9 Å². The van der Waals surface area contributed by atoms with Crippen molar-refractivity contribution in [2.75, 3.05) is 14.2 Å². The first-order valence-corrected chi connectivity index (χ1v) is 14.0. The van der Waals surface area contributed by atoms with Gasteiger partial charge in [0.1, 0.15) is 0 Å². The van der Waals surface area contributed by atoms with E-state index in [2.05, 4.69) is 38.1 Å². The Kier molecular flexibility index (Phi) is 8.16. The molecule has 0 heterocycles. The molecular weight excluding hydrogens is 496 g/mol. The molecule has 0 aliphatic heterocycles. The summed E-state index contributed by atoms with van der Waals surface area (Å²) in [6.07, 6.45) is 7.32.